The minimum atomic E-state index is 0.0120. The van der Waals surface area contributed by atoms with Crippen LogP contribution in [0.15, 0.2) is 22.5 Å². The Morgan fingerprint density at radius 1 is 1.34 bits per heavy atom. The second-order valence-corrected chi connectivity index (χ2v) is 9.19. The maximum atomic E-state index is 12.0. The SMILES string of the molecule is CN(C)C(=O)CN=C(NCCc1cccs1)NC1CCN(CC2CCOC2)CC1. The molecule has 0 spiro atoms. The number of hydrogen-bond acceptors (Lipinski definition) is 5. The summed E-state index contributed by atoms with van der Waals surface area (Å²) < 4.78 is 5.51. The summed E-state index contributed by atoms with van der Waals surface area (Å²) in [6.45, 7) is 6.18. The molecule has 0 aromatic carbocycles. The zero-order valence-corrected chi connectivity index (χ0v) is 18.5. The van der Waals surface area contributed by atoms with Crippen molar-refractivity contribution >= 4 is 23.2 Å². The molecule has 8 heteroatoms. The minimum Gasteiger partial charge on any atom is -0.381 e. The van der Waals surface area contributed by atoms with Gasteiger partial charge in [-0.25, -0.2) is 4.99 Å². The van der Waals surface area contributed by atoms with Crippen LogP contribution in [0.5, 0.6) is 0 Å². The van der Waals surface area contributed by atoms with Crippen molar-refractivity contribution in [3.63, 3.8) is 0 Å². The maximum absolute atomic E-state index is 12.0. The highest BCUT2D eigenvalue weighted by molar-refractivity contribution is 7.09. The molecule has 162 valence electrons. The number of hydrogen-bond donors (Lipinski definition) is 2. The molecule has 29 heavy (non-hydrogen) atoms. The normalized spacial score (nSPS) is 21.3. The van der Waals surface area contributed by atoms with Crippen LogP contribution < -0.4 is 10.6 Å². The van der Waals surface area contributed by atoms with Crippen LogP contribution in [0.3, 0.4) is 0 Å². The number of likely N-dealkylation sites (tertiary alicyclic amines) is 1. The van der Waals surface area contributed by atoms with Crippen LogP contribution in [0.2, 0.25) is 0 Å². The summed E-state index contributed by atoms with van der Waals surface area (Å²) in [4.78, 5) is 22.0. The lowest BCUT2D eigenvalue weighted by Crippen LogP contribution is -2.49. The number of piperidine rings is 1. The molecule has 1 atom stereocenters. The first-order valence-corrected chi connectivity index (χ1v) is 11.6. The van der Waals surface area contributed by atoms with Gasteiger partial charge in [0.1, 0.15) is 6.54 Å². The summed E-state index contributed by atoms with van der Waals surface area (Å²) in [5.41, 5.74) is 0. The van der Waals surface area contributed by atoms with Gasteiger partial charge in [-0.15, -0.1) is 11.3 Å². The zero-order valence-electron chi connectivity index (χ0n) is 17.7. The first-order valence-electron chi connectivity index (χ1n) is 10.7. The third kappa shape index (κ3) is 7.60. The van der Waals surface area contributed by atoms with Crippen LogP contribution in [-0.2, 0) is 16.0 Å². The second kappa shape index (κ2) is 11.5. The Kier molecular flexibility index (Phi) is 8.76. The van der Waals surface area contributed by atoms with Crippen LogP contribution in [0.25, 0.3) is 0 Å². The van der Waals surface area contributed by atoms with Gasteiger partial charge in [0.25, 0.3) is 0 Å². The highest BCUT2D eigenvalue weighted by Gasteiger charge is 2.24. The van der Waals surface area contributed by atoms with Gasteiger partial charge in [0.15, 0.2) is 5.96 Å². The van der Waals surface area contributed by atoms with Gasteiger partial charge in [-0.2, -0.15) is 0 Å². The van der Waals surface area contributed by atoms with Crippen molar-refractivity contribution < 1.29 is 9.53 Å². The molecule has 7 nitrogen and oxygen atoms in total. The van der Waals surface area contributed by atoms with Gasteiger partial charge in [-0.1, -0.05) is 6.07 Å². The molecular weight excluding hydrogens is 386 g/mol. The predicted octanol–water partition coefficient (Wildman–Crippen LogP) is 1.41. The molecule has 0 bridgehead atoms. The lowest BCUT2D eigenvalue weighted by Gasteiger charge is -2.34. The molecule has 2 aliphatic rings. The summed E-state index contributed by atoms with van der Waals surface area (Å²) >= 11 is 1.77. The standard InChI is InChI=1S/C21H35N5O2S/c1-25(2)20(27)14-23-21(22-9-5-19-4-3-13-29-19)24-18-6-10-26(11-7-18)15-17-8-12-28-16-17/h3-4,13,17-18H,5-12,14-16H2,1-2H3,(H2,22,23,24). The molecule has 3 rings (SSSR count). The summed E-state index contributed by atoms with van der Waals surface area (Å²) in [5, 5.41) is 9.08. The lowest BCUT2D eigenvalue weighted by molar-refractivity contribution is -0.127. The number of likely N-dealkylation sites (N-methyl/N-ethyl adjacent to an activating group) is 1. The number of amides is 1. The number of nitrogens with one attached hydrogen (secondary N) is 2. The van der Waals surface area contributed by atoms with Gasteiger partial charge in [0.05, 0.1) is 6.61 Å². The topological polar surface area (TPSA) is 69.2 Å². The molecule has 0 radical (unpaired) electrons. The molecule has 1 amide bonds. The number of guanidine groups is 1. The predicted molar refractivity (Wildman–Crippen MR) is 119 cm³/mol. The third-order valence-corrected chi connectivity index (χ3v) is 6.52. The zero-order chi connectivity index (χ0) is 20.5. The van der Waals surface area contributed by atoms with E-state index in [1.807, 2.05) is 0 Å². The fraction of sp³-hybridized carbons (Fsp3) is 0.714. The van der Waals surface area contributed by atoms with Gasteiger partial charge in [0.2, 0.25) is 5.91 Å². The number of carbonyl (C=O) groups excluding carboxylic acids is 1. The molecule has 0 saturated carbocycles. The number of ether oxygens (including phenoxy) is 1. The molecule has 0 aliphatic carbocycles. The van der Waals surface area contributed by atoms with Gasteiger partial charge in [-0.05, 0) is 43.0 Å². The van der Waals surface area contributed by atoms with E-state index in [4.69, 9.17) is 4.74 Å². The van der Waals surface area contributed by atoms with Crippen LogP contribution in [0, 0.1) is 5.92 Å². The molecule has 2 saturated heterocycles. The number of thiophene rings is 1. The van der Waals surface area contributed by atoms with E-state index in [-0.39, 0.29) is 12.5 Å². The van der Waals surface area contributed by atoms with Crippen molar-refractivity contribution in [3.05, 3.63) is 22.4 Å². The highest BCUT2D eigenvalue weighted by Crippen LogP contribution is 2.17. The van der Waals surface area contributed by atoms with Gasteiger partial charge in [0, 0.05) is 57.8 Å². The smallest absolute Gasteiger partial charge is 0.243 e. The van der Waals surface area contributed by atoms with Crippen LogP contribution in [0.1, 0.15) is 24.1 Å². The average molecular weight is 422 g/mol. The van der Waals surface area contributed by atoms with Gasteiger partial charge in [-0.3, -0.25) is 4.79 Å². The second-order valence-electron chi connectivity index (χ2n) is 8.16. The lowest BCUT2D eigenvalue weighted by atomic mass is 10.0. The Labute approximate surface area is 178 Å². The van der Waals surface area contributed by atoms with E-state index in [0.29, 0.717) is 12.0 Å². The summed E-state index contributed by atoms with van der Waals surface area (Å²) in [7, 11) is 3.53. The Morgan fingerprint density at radius 2 is 2.17 bits per heavy atom. The Hall–Kier alpha value is -1.64. The third-order valence-electron chi connectivity index (χ3n) is 5.58. The van der Waals surface area contributed by atoms with Crippen molar-refractivity contribution in [1.29, 1.82) is 0 Å². The van der Waals surface area contributed by atoms with Crippen molar-refractivity contribution in [3.8, 4) is 0 Å². The Balaban J connectivity index is 1.46. The van der Waals surface area contributed by atoms with Gasteiger partial charge < -0.3 is 25.2 Å². The minimum absolute atomic E-state index is 0.0120. The van der Waals surface area contributed by atoms with Crippen molar-refractivity contribution in [1.82, 2.24) is 20.4 Å². The Morgan fingerprint density at radius 3 is 2.83 bits per heavy atom. The highest BCUT2D eigenvalue weighted by atomic mass is 32.1. The molecule has 2 aliphatic heterocycles. The van der Waals surface area contributed by atoms with Crippen LogP contribution in [-0.4, -0.2) is 87.7 Å². The van der Waals surface area contributed by atoms with E-state index >= 15 is 0 Å². The van der Waals surface area contributed by atoms with Crippen molar-refractivity contribution in [2.24, 2.45) is 10.9 Å². The summed E-state index contributed by atoms with van der Waals surface area (Å²) in [6.07, 6.45) is 4.35. The van der Waals surface area contributed by atoms with Crippen LogP contribution in [0.4, 0.5) is 0 Å². The molecule has 1 aromatic rings. The number of aliphatic imine (C=N–C) groups is 1. The first-order chi connectivity index (χ1) is 14.1. The fourth-order valence-electron chi connectivity index (χ4n) is 3.75. The average Bonchev–Trinajstić information content (AvgIpc) is 3.41. The number of rotatable bonds is 8. The van der Waals surface area contributed by atoms with Gasteiger partial charge >= 0.3 is 0 Å². The number of carbonyl (C=O) groups is 1. The van der Waals surface area contributed by atoms with E-state index < -0.39 is 0 Å². The number of nitrogens with zero attached hydrogens (tertiary/aromatic N) is 3. The maximum Gasteiger partial charge on any atom is 0.243 e. The van der Waals surface area contributed by atoms with E-state index in [1.165, 1.54) is 11.3 Å². The largest absolute Gasteiger partial charge is 0.381 e. The molecule has 1 unspecified atom stereocenters. The molecule has 3 heterocycles. The summed E-state index contributed by atoms with van der Waals surface area (Å²) in [6, 6.07) is 4.62. The molecule has 2 fully saturated rings. The molecule has 1 aromatic heterocycles. The monoisotopic (exact) mass is 421 g/mol. The first kappa shape index (κ1) is 22.1. The fourth-order valence-corrected chi connectivity index (χ4v) is 4.45. The molecule has 2 N–H and O–H groups in total. The van der Waals surface area contributed by atoms with Crippen LogP contribution >= 0.6 is 11.3 Å². The van der Waals surface area contributed by atoms with E-state index in [2.05, 4.69) is 38.0 Å². The Bertz CT molecular complexity index is 636. The van der Waals surface area contributed by atoms with E-state index in [9.17, 15) is 4.79 Å². The summed E-state index contributed by atoms with van der Waals surface area (Å²) in [5.74, 6) is 1.46. The van der Waals surface area contributed by atoms with Crippen molar-refractivity contribution in [2.75, 3.05) is 60.0 Å². The molecular formula is C21H35N5O2S. The van der Waals surface area contributed by atoms with E-state index in [1.54, 1.807) is 30.3 Å². The van der Waals surface area contributed by atoms with Crippen molar-refractivity contribution in [2.45, 2.75) is 31.7 Å². The quantitative estimate of drug-likeness (QED) is 0.491. The van der Waals surface area contributed by atoms with E-state index in [0.717, 1.165) is 64.6 Å².